The van der Waals surface area contributed by atoms with Gasteiger partial charge in [-0.05, 0) is 36.2 Å². The van der Waals surface area contributed by atoms with Gasteiger partial charge in [-0.15, -0.1) is 0 Å². The van der Waals surface area contributed by atoms with Gasteiger partial charge >= 0.3 is 0 Å². The number of piperidine rings is 1. The summed E-state index contributed by atoms with van der Waals surface area (Å²) in [6, 6.07) is 0. The molecule has 22 heavy (non-hydrogen) atoms. The highest BCUT2D eigenvalue weighted by atomic mass is 16.6. The van der Waals surface area contributed by atoms with Crippen LogP contribution < -0.4 is 10.6 Å². The summed E-state index contributed by atoms with van der Waals surface area (Å²) in [7, 11) is 1.68. The van der Waals surface area contributed by atoms with E-state index in [2.05, 4.69) is 30.5 Å². The number of carbonyl (C=O) groups excluding carboxylic acids is 2. The SMILES string of the molecule is COCCN1CCC(C(=O)Nc2nonc2NC(C)=O)CC1. The number of carbonyl (C=O) groups is 2. The Hall–Kier alpha value is -2.00. The zero-order valence-electron chi connectivity index (χ0n) is 12.8. The number of anilines is 2. The second kappa shape index (κ2) is 7.85. The summed E-state index contributed by atoms with van der Waals surface area (Å²) >= 11 is 0. The Balaban J connectivity index is 1.83. The highest BCUT2D eigenvalue weighted by molar-refractivity contribution is 5.97. The standard InChI is InChI=1S/C13H21N5O4/c1-9(19)14-11-12(17-22-16-11)15-13(20)10-3-5-18(6-4-10)7-8-21-2/h10H,3-8H2,1-2H3,(H,14,16,19)(H,15,17,20). The van der Waals surface area contributed by atoms with Gasteiger partial charge in [-0.1, -0.05) is 0 Å². The lowest BCUT2D eigenvalue weighted by Crippen LogP contribution is -2.39. The molecule has 0 aromatic carbocycles. The number of aromatic nitrogens is 2. The minimum Gasteiger partial charge on any atom is -0.383 e. The van der Waals surface area contributed by atoms with E-state index in [4.69, 9.17) is 4.74 Å². The maximum absolute atomic E-state index is 12.2. The Kier molecular flexibility index (Phi) is 5.84. The van der Waals surface area contributed by atoms with E-state index in [1.54, 1.807) is 7.11 Å². The van der Waals surface area contributed by atoms with Gasteiger partial charge in [-0.25, -0.2) is 4.63 Å². The third-order valence-electron chi connectivity index (χ3n) is 3.59. The number of likely N-dealkylation sites (tertiary alicyclic amines) is 1. The first-order valence-corrected chi connectivity index (χ1v) is 7.22. The molecule has 0 unspecified atom stereocenters. The molecule has 2 heterocycles. The van der Waals surface area contributed by atoms with Crippen LogP contribution in [0.25, 0.3) is 0 Å². The largest absolute Gasteiger partial charge is 0.383 e. The number of hydrogen-bond acceptors (Lipinski definition) is 7. The summed E-state index contributed by atoms with van der Waals surface area (Å²) in [5.41, 5.74) is 0. The van der Waals surface area contributed by atoms with E-state index in [0.717, 1.165) is 32.5 Å². The number of nitrogens with zero attached hydrogens (tertiary/aromatic N) is 3. The van der Waals surface area contributed by atoms with Gasteiger partial charge in [0.25, 0.3) is 0 Å². The van der Waals surface area contributed by atoms with Crippen molar-refractivity contribution in [2.45, 2.75) is 19.8 Å². The third-order valence-corrected chi connectivity index (χ3v) is 3.59. The van der Waals surface area contributed by atoms with Crippen LogP contribution >= 0.6 is 0 Å². The highest BCUT2D eigenvalue weighted by Crippen LogP contribution is 2.21. The number of amides is 2. The first-order chi connectivity index (χ1) is 10.6. The molecule has 0 aliphatic carbocycles. The van der Waals surface area contributed by atoms with E-state index in [9.17, 15) is 9.59 Å². The minimum absolute atomic E-state index is 0.0827. The molecule has 2 amide bonds. The zero-order valence-corrected chi connectivity index (χ0v) is 12.8. The predicted molar refractivity (Wildman–Crippen MR) is 78.3 cm³/mol. The lowest BCUT2D eigenvalue weighted by atomic mass is 9.96. The molecule has 2 rings (SSSR count). The zero-order chi connectivity index (χ0) is 15.9. The monoisotopic (exact) mass is 311 g/mol. The Labute approximate surface area is 128 Å². The fraction of sp³-hybridized carbons (Fsp3) is 0.692. The van der Waals surface area contributed by atoms with Crippen LogP contribution in [0.1, 0.15) is 19.8 Å². The summed E-state index contributed by atoms with van der Waals surface area (Å²) in [4.78, 5) is 25.5. The van der Waals surface area contributed by atoms with Gasteiger partial charge < -0.3 is 20.3 Å². The van der Waals surface area contributed by atoms with Gasteiger partial charge in [0.15, 0.2) is 0 Å². The van der Waals surface area contributed by atoms with E-state index in [-0.39, 0.29) is 29.4 Å². The van der Waals surface area contributed by atoms with Gasteiger partial charge in [-0.2, -0.15) is 0 Å². The fourth-order valence-electron chi connectivity index (χ4n) is 2.38. The molecule has 1 aliphatic rings. The van der Waals surface area contributed by atoms with Crippen LogP contribution in [0.2, 0.25) is 0 Å². The van der Waals surface area contributed by atoms with Crippen LogP contribution in [0.15, 0.2) is 4.63 Å². The van der Waals surface area contributed by atoms with Gasteiger partial charge in [0.2, 0.25) is 23.5 Å². The molecule has 0 radical (unpaired) electrons. The van der Waals surface area contributed by atoms with Crippen molar-refractivity contribution in [3.63, 3.8) is 0 Å². The first-order valence-electron chi connectivity index (χ1n) is 7.22. The number of nitrogens with one attached hydrogen (secondary N) is 2. The predicted octanol–water partition coefficient (Wildman–Crippen LogP) is 0.325. The van der Waals surface area contributed by atoms with E-state index in [1.807, 2.05) is 0 Å². The molecule has 122 valence electrons. The molecular formula is C13H21N5O4. The van der Waals surface area contributed by atoms with Crippen molar-refractivity contribution in [2.75, 3.05) is 44.0 Å². The molecule has 1 aliphatic heterocycles. The number of rotatable bonds is 6. The summed E-state index contributed by atoms with van der Waals surface area (Å²) in [5, 5.41) is 12.3. The van der Waals surface area contributed by atoms with Crippen molar-refractivity contribution in [3.8, 4) is 0 Å². The second-order valence-corrected chi connectivity index (χ2v) is 5.24. The lowest BCUT2D eigenvalue weighted by Gasteiger charge is -2.30. The van der Waals surface area contributed by atoms with E-state index < -0.39 is 0 Å². The Morgan fingerprint density at radius 2 is 1.91 bits per heavy atom. The molecule has 9 heteroatoms. The average Bonchev–Trinajstić information content (AvgIpc) is 2.92. The lowest BCUT2D eigenvalue weighted by molar-refractivity contribution is -0.121. The molecule has 1 saturated heterocycles. The quantitative estimate of drug-likeness (QED) is 0.778. The van der Waals surface area contributed by atoms with Gasteiger partial charge in [0.05, 0.1) is 6.61 Å². The number of methoxy groups -OCH3 is 1. The Morgan fingerprint density at radius 3 is 2.50 bits per heavy atom. The topological polar surface area (TPSA) is 110 Å². The van der Waals surface area contributed by atoms with Crippen LogP contribution in [0, 0.1) is 5.92 Å². The second-order valence-electron chi connectivity index (χ2n) is 5.24. The van der Waals surface area contributed by atoms with E-state index in [0.29, 0.717) is 6.61 Å². The summed E-state index contributed by atoms with van der Waals surface area (Å²) in [5.74, 6) is -0.257. The van der Waals surface area contributed by atoms with Crippen LogP contribution in [-0.4, -0.2) is 60.4 Å². The molecule has 1 aromatic heterocycles. The smallest absolute Gasteiger partial charge is 0.228 e. The first kappa shape index (κ1) is 16.4. The average molecular weight is 311 g/mol. The minimum atomic E-state index is -0.308. The van der Waals surface area contributed by atoms with Crippen molar-refractivity contribution in [1.82, 2.24) is 15.2 Å². The highest BCUT2D eigenvalue weighted by Gasteiger charge is 2.26. The van der Waals surface area contributed by atoms with Crippen molar-refractivity contribution in [3.05, 3.63) is 0 Å². The molecule has 0 atom stereocenters. The van der Waals surface area contributed by atoms with Gasteiger partial charge in [0.1, 0.15) is 0 Å². The maximum atomic E-state index is 12.2. The molecule has 2 N–H and O–H groups in total. The molecule has 0 saturated carbocycles. The summed E-state index contributed by atoms with van der Waals surface area (Å²) < 4.78 is 9.60. The van der Waals surface area contributed by atoms with Crippen molar-refractivity contribution in [1.29, 1.82) is 0 Å². The van der Waals surface area contributed by atoms with E-state index in [1.165, 1.54) is 6.92 Å². The molecule has 1 fully saturated rings. The molecular weight excluding hydrogens is 290 g/mol. The molecule has 0 bridgehead atoms. The van der Waals surface area contributed by atoms with Crippen molar-refractivity contribution >= 4 is 23.5 Å². The Morgan fingerprint density at radius 1 is 1.27 bits per heavy atom. The van der Waals surface area contributed by atoms with Gasteiger partial charge in [-0.3, -0.25) is 9.59 Å². The molecule has 9 nitrogen and oxygen atoms in total. The number of ether oxygens (including phenoxy) is 1. The van der Waals surface area contributed by atoms with Gasteiger partial charge in [0, 0.05) is 26.5 Å². The third kappa shape index (κ3) is 4.50. The fourth-order valence-corrected chi connectivity index (χ4v) is 2.38. The van der Waals surface area contributed by atoms with Crippen LogP contribution in [0.3, 0.4) is 0 Å². The maximum Gasteiger partial charge on any atom is 0.228 e. The Bertz CT molecular complexity index is 510. The number of hydrogen-bond donors (Lipinski definition) is 2. The van der Waals surface area contributed by atoms with Crippen LogP contribution in [-0.2, 0) is 14.3 Å². The van der Waals surface area contributed by atoms with Crippen molar-refractivity contribution in [2.24, 2.45) is 5.92 Å². The van der Waals surface area contributed by atoms with E-state index >= 15 is 0 Å². The van der Waals surface area contributed by atoms with Crippen LogP contribution in [0.4, 0.5) is 11.6 Å². The summed E-state index contributed by atoms with van der Waals surface area (Å²) in [6.07, 6.45) is 1.55. The van der Waals surface area contributed by atoms with Crippen LogP contribution in [0.5, 0.6) is 0 Å². The van der Waals surface area contributed by atoms with Crippen molar-refractivity contribution < 1.29 is 19.0 Å². The molecule has 0 spiro atoms. The summed E-state index contributed by atoms with van der Waals surface area (Å²) in [6.45, 7) is 4.64. The normalized spacial score (nSPS) is 16.5. The molecule has 1 aromatic rings.